The number of aromatic hydroxyl groups is 1. The van der Waals surface area contributed by atoms with Gasteiger partial charge in [-0.3, -0.25) is 4.79 Å². The summed E-state index contributed by atoms with van der Waals surface area (Å²) in [5.74, 6) is -0.213. The van der Waals surface area contributed by atoms with Crippen molar-refractivity contribution in [1.29, 1.82) is 0 Å². The third kappa shape index (κ3) is 1.80. The summed E-state index contributed by atoms with van der Waals surface area (Å²) >= 11 is 0. The first-order valence-corrected chi connectivity index (χ1v) is 4.65. The standard InChI is InChI=1S/C10H15NO3/c1-3-8-10(14)9(13)4-5-11(8)7(2)6-12/h4-5,7,12,14H,3,6H2,1-2H3/t7-/m1/s1. The molecule has 0 saturated carbocycles. The van der Waals surface area contributed by atoms with Crippen molar-refractivity contribution in [2.75, 3.05) is 6.61 Å². The first-order chi connectivity index (χ1) is 6.61. The summed E-state index contributed by atoms with van der Waals surface area (Å²) in [5.41, 5.74) is 0.197. The average molecular weight is 197 g/mol. The van der Waals surface area contributed by atoms with Gasteiger partial charge < -0.3 is 14.8 Å². The lowest BCUT2D eigenvalue weighted by atomic mass is 10.2. The maximum atomic E-state index is 11.1. The van der Waals surface area contributed by atoms with E-state index in [-0.39, 0.29) is 23.8 Å². The zero-order chi connectivity index (χ0) is 10.7. The second-order valence-corrected chi connectivity index (χ2v) is 3.27. The van der Waals surface area contributed by atoms with E-state index in [4.69, 9.17) is 5.11 Å². The van der Waals surface area contributed by atoms with Crippen molar-refractivity contribution >= 4 is 0 Å². The molecule has 4 nitrogen and oxygen atoms in total. The van der Waals surface area contributed by atoms with Crippen LogP contribution in [0.1, 0.15) is 25.6 Å². The number of nitrogens with zero attached hydrogens (tertiary/aromatic N) is 1. The first-order valence-electron chi connectivity index (χ1n) is 4.65. The number of hydrogen-bond donors (Lipinski definition) is 2. The van der Waals surface area contributed by atoms with Crippen molar-refractivity contribution in [3.05, 3.63) is 28.2 Å². The van der Waals surface area contributed by atoms with E-state index in [2.05, 4.69) is 0 Å². The Labute approximate surface area is 82.4 Å². The summed E-state index contributed by atoms with van der Waals surface area (Å²) in [6.45, 7) is 3.66. The van der Waals surface area contributed by atoms with E-state index in [0.29, 0.717) is 12.1 Å². The largest absolute Gasteiger partial charge is 0.503 e. The molecule has 0 unspecified atom stereocenters. The monoisotopic (exact) mass is 197 g/mol. The lowest BCUT2D eigenvalue weighted by molar-refractivity contribution is 0.235. The SMILES string of the molecule is CCc1c(O)c(=O)ccn1[C@H](C)CO. The molecule has 0 aromatic carbocycles. The van der Waals surface area contributed by atoms with Crippen LogP contribution in [0, 0.1) is 0 Å². The second kappa shape index (κ2) is 4.28. The summed E-state index contributed by atoms with van der Waals surface area (Å²) < 4.78 is 1.72. The van der Waals surface area contributed by atoms with Crippen molar-refractivity contribution < 1.29 is 10.2 Å². The van der Waals surface area contributed by atoms with E-state index in [0.717, 1.165) is 0 Å². The maximum absolute atomic E-state index is 11.1. The Morgan fingerprint density at radius 1 is 1.57 bits per heavy atom. The number of pyridine rings is 1. The van der Waals surface area contributed by atoms with Crippen molar-refractivity contribution in [3.63, 3.8) is 0 Å². The molecule has 1 rings (SSSR count). The van der Waals surface area contributed by atoms with E-state index < -0.39 is 0 Å². The van der Waals surface area contributed by atoms with Crippen LogP contribution in [0.25, 0.3) is 0 Å². The van der Waals surface area contributed by atoms with Crippen molar-refractivity contribution in [3.8, 4) is 5.75 Å². The third-order valence-electron chi connectivity index (χ3n) is 2.28. The molecule has 1 atom stereocenters. The average Bonchev–Trinajstić information content (AvgIpc) is 2.20. The molecule has 0 aliphatic heterocycles. The number of rotatable bonds is 3. The fourth-order valence-electron chi connectivity index (χ4n) is 1.43. The molecule has 2 N–H and O–H groups in total. The smallest absolute Gasteiger partial charge is 0.223 e. The quantitative estimate of drug-likeness (QED) is 0.748. The van der Waals surface area contributed by atoms with Crippen LogP contribution in [-0.4, -0.2) is 21.4 Å². The molecule has 0 fully saturated rings. The second-order valence-electron chi connectivity index (χ2n) is 3.27. The normalized spacial score (nSPS) is 12.8. The van der Waals surface area contributed by atoms with Crippen LogP contribution >= 0.6 is 0 Å². The van der Waals surface area contributed by atoms with Crippen LogP contribution in [0.3, 0.4) is 0 Å². The molecule has 0 saturated heterocycles. The number of hydrogen-bond acceptors (Lipinski definition) is 3. The van der Waals surface area contributed by atoms with Gasteiger partial charge in [0, 0.05) is 12.3 Å². The Hall–Kier alpha value is -1.29. The molecular weight excluding hydrogens is 182 g/mol. The van der Waals surface area contributed by atoms with Gasteiger partial charge in [0.25, 0.3) is 0 Å². The van der Waals surface area contributed by atoms with Gasteiger partial charge in [-0.25, -0.2) is 0 Å². The molecule has 1 heterocycles. The lowest BCUT2D eigenvalue weighted by Crippen LogP contribution is -2.17. The molecule has 0 amide bonds. The zero-order valence-corrected chi connectivity index (χ0v) is 8.40. The molecule has 14 heavy (non-hydrogen) atoms. The Balaban J connectivity index is 3.31. The molecule has 1 aromatic heterocycles. The van der Waals surface area contributed by atoms with Gasteiger partial charge in [0.15, 0.2) is 5.75 Å². The molecule has 78 valence electrons. The van der Waals surface area contributed by atoms with Gasteiger partial charge in [-0.15, -0.1) is 0 Å². The zero-order valence-electron chi connectivity index (χ0n) is 8.40. The molecule has 0 radical (unpaired) electrons. The Morgan fingerprint density at radius 3 is 2.71 bits per heavy atom. The fraction of sp³-hybridized carbons (Fsp3) is 0.500. The fourth-order valence-corrected chi connectivity index (χ4v) is 1.43. The molecule has 0 aliphatic rings. The van der Waals surface area contributed by atoms with E-state index in [1.165, 1.54) is 6.07 Å². The molecule has 0 aliphatic carbocycles. The van der Waals surface area contributed by atoms with E-state index in [1.54, 1.807) is 10.8 Å². The maximum Gasteiger partial charge on any atom is 0.223 e. The predicted molar refractivity (Wildman–Crippen MR) is 53.5 cm³/mol. The highest BCUT2D eigenvalue weighted by Gasteiger charge is 2.11. The van der Waals surface area contributed by atoms with Gasteiger partial charge >= 0.3 is 0 Å². The van der Waals surface area contributed by atoms with Crippen molar-refractivity contribution in [2.45, 2.75) is 26.3 Å². The minimum absolute atomic E-state index is 0.0185. The van der Waals surface area contributed by atoms with Gasteiger partial charge in [-0.05, 0) is 13.3 Å². The van der Waals surface area contributed by atoms with Crippen LogP contribution in [0.15, 0.2) is 17.1 Å². The number of aromatic nitrogens is 1. The van der Waals surface area contributed by atoms with Gasteiger partial charge in [-0.2, -0.15) is 0 Å². The molecule has 0 spiro atoms. The van der Waals surface area contributed by atoms with Crippen LogP contribution in [0.4, 0.5) is 0 Å². The summed E-state index contributed by atoms with van der Waals surface area (Å²) in [4.78, 5) is 11.1. The van der Waals surface area contributed by atoms with Crippen LogP contribution in [0.5, 0.6) is 5.75 Å². The highest BCUT2D eigenvalue weighted by atomic mass is 16.3. The highest BCUT2D eigenvalue weighted by molar-refractivity contribution is 5.27. The lowest BCUT2D eigenvalue weighted by Gasteiger charge is -2.18. The highest BCUT2D eigenvalue weighted by Crippen LogP contribution is 2.16. The van der Waals surface area contributed by atoms with Gasteiger partial charge in [0.2, 0.25) is 5.43 Å². The summed E-state index contributed by atoms with van der Waals surface area (Å²) in [6, 6.07) is 1.18. The van der Waals surface area contributed by atoms with Crippen LogP contribution < -0.4 is 5.43 Å². The van der Waals surface area contributed by atoms with Crippen molar-refractivity contribution in [2.24, 2.45) is 0 Å². The Morgan fingerprint density at radius 2 is 2.21 bits per heavy atom. The minimum Gasteiger partial charge on any atom is -0.503 e. The number of aliphatic hydroxyl groups is 1. The topological polar surface area (TPSA) is 62.5 Å². The van der Waals surface area contributed by atoms with Crippen LogP contribution in [-0.2, 0) is 6.42 Å². The van der Waals surface area contributed by atoms with Gasteiger partial charge in [0.1, 0.15) is 0 Å². The summed E-state index contributed by atoms with van der Waals surface area (Å²) in [6.07, 6.45) is 2.16. The first kappa shape index (κ1) is 10.8. The third-order valence-corrected chi connectivity index (χ3v) is 2.28. The van der Waals surface area contributed by atoms with E-state index >= 15 is 0 Å². The molecular formula is C10H15NO3. The molecule has 4 heteroatoms. The van der Waals surface area contributed by atoms with Crippen molar-refractivity contribution in [1.82, 2.24) is 4.57 Å². The van der Waals surface area contributed by atoms with Crippen LogP contribution in [0.2, 0.25) is 0 Å². The van der Waals surface area contributed by atoms with E-state index in [1.807, 2.05) is 13.8 Å². The molecule has 1 aromatic rings. The Bertz CT molecular complexity index is 370. The Kier molecular flexibility index (Phi) is 3.30. The predicted octanol–water partition coefficient (Wildman–Crippen LogP) is 0.670. The number of aliphatic hydroxyl groups excluding tert-OH is 1. The van der Waals surface area contributed by atoms with Gasteiger partial charge in [-0.1, -0.05) is 6.92 Å². The minimum atomic E-state index is -0.372. The summed E-state index contributed by atoms with van der Waals surface area (Å²) in [7, 11) is 0. The molecule has 0 bridgehead atoms. The summed E-state index contributed by atoms with van der Waals surface area (Å²) in [5, 5.41) is 18.5. The van der Waals surface area contributed by atoms with E-state index in [9.17, 15) is 9.90 Å². The van der Waals surface area contributed by atoms with Gasteiger partial charge in [0.05, 0.1) is 18.3 Å².